The van der Waals surface area contributed by atoms with Crippen LogP contribution in [-0.4, -0.2) is 55.1 Å². The number of nitrogens with two attached hydrogens (primary N) is 1. The van der Waals surface area contributed by atoms with Crippen molar-refractivity contribution in [3.63, 3.8) is 0 Å². The van der Waals surface area contributed by atoms with Gasteiger partial charge < -0.3 is 20.4 Å². The first-order valence-electron chi connectivity index (χ1n) is 9.94. The zero-order chi connectivity index (χ0) is 19.3. The average Bonchev–Trinajstić information content (AvgIpc) is 3.28. The highest BCUT2D eigenvalue weighted by molar-refractivity contribution is 5.78. The number of benzene rings is 1. The standard InChI is InChI=1S/C21H27FN6/c22-18-4-6-19(7-5-18)26-11-13-28(14-12-26)21(23)25-16-17-3-8-20(24-15-17)27-9-1-2-10-27/h3-8,15H,1-2,9-14,16H2,(H2,23,25). The first-order chi connectivity index (χ1) is 13.7. The van der Waals surface area contributed by atoms with Gasteiger partial charge in [0.2, 0.25) is 0 Å². The minimum absolute atomic E-state index is 0.207. The summed E-state index contributed by atoms with van der Waals surface area (Å²) < 4.78 is 13.1. The van der Waals surface area contributed by atoms with E-state index in [1.165, 1.54) is 25.0 Å². The Labute approximate surface area is 165 Å². The summed E-state index contributed by atoms with van der Waals surface area (Å²) in [5, 5.41) is 0. The summed E-state index contributed by atoms with van der Waals surface area (Å²) in [7, 11) is 0. The third-order valence-electron chi connectivity index (χ3n) is 5.46. The molecular formula is C21H27FN6. The van der Waals surface area contributed by atoms with Gasteiger partial charge in [-0.1, -0.05) is 6.07 Å². The highest BCUT2D eigenvalue weighted by Gasteiger charge is 2.18. The fourth-order valence-electron chi connectivity index (χ4n) is 3.76. The van der Waals surface area contributed by atoms with Crippen LogP contribution in [0.4, 0.5) is 15.9 Å². The lowest BCUT2D eigenvalue weighted by atomic mass is 10.2. The molecule has 7 heteroatoms. The molecule has 28 heavy (non-hydrogen) atoms. The molecule has 0 spiro atoms. The number of hydrogen-bond donors (Lipinski definition) is 1. The van der Waals surface area contributed by atoms with E-state index in [4.69, 9.17) is 5.73 Å². The lowest BCUT2D eigenvalue weighted by Crippen LogP contribution is -2.51. The Hall–Kier alpha value is -2.83. The van der Waals surface area contributed by atoms with Crippen LogP contribution in [0.5, 0.6) is 0 Å². The van der Waals surface area contributed by atoms with Crippen molar-refractivity contribution in [3.05, 3.63) is 54.0 Å². The van der Waals surface area contributed by atoms with Crippen LogP contribution in [0.3, 0.4) is 0 Å². The molecule has 4 rings (SSSR count). The SMILES string of the molecule is NC(=NCc1ccc(N2CCCC2)nc1)N1CCN(c2ccc(F)cc2)CC1. The van der Waals surface area contributed by atoms with Gasteiger partial charge in [-0.05, 0) is 48.7 Å². The smallest absolute Gasteiger partial charge is 0.191 e. The van der Waals surface area contributed by atoms with Gasteiger partial charge in [0, 0.05) is 51.2 Å². The molecular weight excluding hydrogens is 355 g/mol. The molecule has 3 heterocycles. The van der Waals surface area contributed by atoms with E-state index in [0.29, 0.717) is 12.5 Å². The molecule has 0 saturated carbocycles. The number of pyridine rings is 1. The summed E-state index contributed by atoms with van der Waals surface area (Å²) in [6, 6.07) is 10.8. The zero-order valence-electron chi connectivity index (χ0n) is 16.1. The molecule has 0 unspecified atom stereocenters. The maximum atomic E-state index is 13.1. The second-order valence-corrected chi connectivity index (χ2v) is 7.34. The van der Waals surface area contributed by atoms with Crippen molar-refractivity contribution in [2.24, 2.45) is 10.7 Å². The number of nitrogens with zero attached hydrogens (tertiary/aromatic N) is 5. The molecule has 148 valence electrons. The van der Waals surface area contributed by atoms with Crippen molar-refractivity contribution in [1.82, 2.24) is 9.88 Å². The molecule has 2 aromatic rings. The van der Waals surface area contributed by atoms with Crippen molar-refractivity contribution >= 4 is 17.5 Å². The summed E-state index contributed by atoms with van der Waals surface area (Å²) in [6.45, 7) is 6.03. The van der Waals surface area contributed by atoms with Crippen molar-refractivity contribution in [2.45, 2.75) is 19.4 Å². The number of guanidine groups is 1. The van der Waals surface area contributed by atoms with Gasteiger partial charge in [0.25, 0.3) is 0 Å². The Morgan fingerprint density at radius 2 is 1.64 bits per heavy atom. The molecule has 0 bridgehead atoms. The topological polar surface area (TPSA) is 61.0 Å². The van der Waals surface area contributed by atoms with E-state index in [-0.39, 0.29) is 5.82 Å². The van der Waals surface area contributed by atoms with Gasteiger partial charge in [-0.15, -0.1) is 0 Å². The molecule has 0 amide bonds. The summed E-state index contributed by atoms with van der Waals surface area (Å²) >= 11 is 0. The molecule has 1 aromatic carbocycles. The largest absolute Gasteiger partial charge is 0.370 e. The molecule has 0 radical (unpaired) electrons. The van der Waals surface area contributed by atoms with Gasteiger partial charge >= 0.3 is 0 Å². The molecule has 1 aromatic heterocycles. The van der Waals surface area contributed by atoms with E-state index < -0.39 is 0 Å². The third kappa shape index (κ3) is 4.35. The van der Waals surface area contributed by atoms with Crippen molar-refractivity contribution in [3.8, 4) is 0 Å². The number of halogens is 1. The fraction of sp³-hybridized carbons (Fsp3) is 0.429. The number of rotatable bonds is 4. The maximum absolute atomic E-state index is 13.1. The Bertz CT molecular complexity index is 791. The van der Waals surface area contributed by atoms with Crippen LogP contribution in [0.15, 0.2) is 47.6 Å². The Balaban J connectivity index is 1.29. The van der Waals surface area contributed by atoms with Crippen molar-refractivity contribution in [1.29, 1.82) is 0 Å². The van der Waals surface area contributed by atoms with Crippen LogP contribution < -0.4 is 15.5 Å². The average molecular weight is 382 g/mol. The maximum Gasteiger partial charge on any atom is 0.191 e. The van der Waals surface area contributed by atoms with Gasteiger partial charge in [0.05, 0.1) is 6.54 Å². The molecule has 2 aliphatic heterocycles. The van der Waals surface area contributed by atoms with E-state index >= 15 is 0 Å². The monoisotopic (exact) mass is 382 g/mol. The summed E-state index contributed by atoms with van der Waals surface area (Å²) in [6.07, 6.45) is 4.40. The van der Waals surface area contributed by atoms with E-state index in [1.807, 2.05) is 18.3 Å². The van der Waals surface area contributed by atoms with Crippen LogP contribution in [0.1, 0.15) is 18.4 Å². The van der Waals surface area contributed by atoms with Crippen molar-refractivity contribution < 1.29 is 4.39 Å². The second kappa shape index (κ2) is 8.46. The molecule has 2 aliphatic rings. The zero-order valence-corrected chi connectivity index (χ0v) is 16.1. The summed E-state index contributed by atoms with van der Waals surface area (Å²) in [5.41, 5.74) is 8.32. The number of hydrogen-bond acceptors (Lipinski definition) is 4. The molecule has 2 N–H and O–H groups in total. The second-order valence-electron chi connectivity index (χ2n) is 7.34. The number of aliphatic imine (C=N–C) groups is 1. The van der Waals surface area contributed by atoms with Crippen LogP contribution in [0, 0.1) is 5.82 Å². The van der Waals surface area contributed by atoms with E-state index in [1.54, 1.807) is 0 Å². The minimum Gasteiger partial charge on any atom is -0.370 e. The first-order valence-corrected chi connectivity index (χ1v) is 9.94. The number of aromatic nitrogens is 1. The van der Waals surface area contributed by atoms with Gasteiger partial charge in [-0.3, -0.25) is 0 Å². The van der Waals surface area contributed by atoms with E-state index in [9.17, 15) is 4.39 Å². The number of piperazine rings is 1. The lowest BCUT2D eigenvalue weighted by molar-refractivity contribution is 0.380. The highest BCUT2D eigenvalue weighted by atomic mass is 19.1. The third-order valence-corrected chi connectivity index (χ3v) is 5.46. The van der Waals surface area contributed by atoms with Crippen LogP contribution >= 0.6 is 0 Å². The Morgan fingerprint density at radius 1 is 0.929 bits per heavy atom. The fourth-order valence-corrected chi connectivity index (χ4v) is 3.76. The quantitative estimate of drug-likeness (QED) is 0.650. The molecule has 0 aliphatic carbocycles. The minimum atomic E-state index is -0.207. The van der Waals surface area contributed by atoms with Gasteiger partial charge in [-0.25, -0.2) is 14.4 Å². The predicted octanol–water partition coefficient (Wildman–Crippen LogP) is 2.46. The molecule has 6 nitrogen and oxygen atoms in total. The predicted molar refractivity (Wildman–Crippen MR) is 111 cm³/mol. The first kappa shape index (κ1) is 18.5. The molecule has 2 saturated heterocycles. The van der Waals surface area contributed by atoms with Gasteiger partial charge in [0.15, 0.2) is 5.96 Å². The molecule has 2 fully saturated rings. The lowest BCUT2D eigenvalue weighted by Gasteiger charge is -2.36. The van der Waals surface area contributed by atoms with Crippen LogP contribution in [0.25, 0.3) is 0 Å². The van der Waals surface area contributed by atoms with Gasteiger partial charge in [0.1, 0.15) is 11.6 Å². The van der Waals surface area contributed by atoms with Crippen molar-refractivity contribution in [2.75, 3.05) is 49.1 Å². The normalized spacial score (nSPS) is 18.0. The Morgan fingerprint density at radius 3 is 2.29 bits per heavy atom. The molecule has 0 atom stereocenters. The number of anilines is 2. The Kier molecular flexibility index (Phi) is 5.60. The van der Waals surface area contributed by atoms with E-state index in [0.717, 1.165) is 56.3 Å². The van der Waals surface area contributed by atoms with E-state index in [2.05, 4.69) is 36.8 Å². The van der Waals surface area contributed by atoms with Gasteiger partial charge in [-0.2, -0.15) is 0 Å². The summed E-state index contributed by atoms with van der Waals surface area (Å²) in [5.74, 6) is 1.42. The van der Waals surface area contributed by atoms with Crippen LogP contribution in [-0.2, 0) is 6.54 Å². The highest BCUT2D eigenvalue weighted by Crippen LogP contribution is 2.18. The van der Waals surface area contributed by atoms with Crippen LogP contribution in [0.2, 0.25) is 0 Å². The summed E-state index contributed by atoms with van der Waals surface area (Å²) in [4.78, 5) is 15.8.